The zero-order valence-electron chi connectivity index (χ0n) is 11.0. The summed E-state index contributed by atoms with van der Waals surface area (Å²) >= 11 is 5.42. The van der Waals surface area contributed by atoms with Crippen molar-refractivity contribution in [2.75, 3.05) is 6.61 Å². The Morgan fingerprint density at radius 2 is 2.05 bits per heavy atom. The fraction of sp³-hybridized carbons (Fsp3) is 0.250. The van der Waals surface area contributed by atoms with Crippen molar-refractivity contribution in [2.24, 2.45) is 0 Å². The van der Waals surface area contributed by atoms with Gasteiger partial charge in [0.1, 0.15) is 5.69 Å². The van der Waals surface area contributed by atoms with Gasteiger partial charge in [-0.05, 0) is 19.1 Å². The first-order valence-electron chi connectivity index (χ1n) is 5.90. The number of carbonyl (C=O) groups excluding carboxylic acids is 1. The van der Waals surface area contributed by atoms with Gasteiger partial charge >= 0.3 is 12.1 Å². The van der Waals surface area contributed by atoms with Gasteiger partial charge in [0.2, 0.25) is 0 Å². The van der Waals surface area contributed by atoms with Crippen molar-refractivity contribution in [2.45, 2.75) is 13.1 Å². The Balaban J connectivity index is 2.54. The molecule has 1 N–H and O–H groups in total. The molecule has 5 nitrogen and oxygen atoms in total. The summed E-state index contributed by atoms with van der Waals surface area (Å²) in [5, 5.41) is 8.06. The Morgan fingerprint density at radius 3 is 2.64 bits per heavy atom. The van der Waals surface area contributed by atoms with E-state index in [1.54, 1.807) is 6.92 Å². The number of aromatic amines is 1. The molecule has 1 aromatic carbocycles. The van der Waals surface area contributed by atoms with Gasteiger partial charge in [0.15, 0.2) is 11.5 Å². The van der Waals surface area contributed by atoms with Crippen LogP contribution in [0, 0.1) is 5.82 Å². The van der Waals surface area contributed by atoms with Gasteiger partial charge in [0.05, 0.1) is 17.2 Å². The molecular formula is C12H8ClF4N3O2. The first-order chi connectivity index (χ1) is 10.3. The summed E-state index contributed by atoms with van der Waals surface area (Å²) in [6, 6.07) is 1.43. The van der Waals surface area contributed by atoms with E-state index in [2.05, 4.69) is 15.4 Å². The molecule has 0 atom stereocenters. The predicted molar refractivity (Wildman–Crippen MR) is 67.7 cm³/mol. The molecule has 1 heterocycles. The van der Waals surface area contributed by atoms with Crippen molar-refractivity contribution in [3.8, 4) is 11.3 Å². The number of H-pyrrole nitrogens is 1. The molecule has 0 aliphatic carbocycles. The van der Waals surface area contributed by atoms with Crippen LogP contribution in [-0.4, -0.2) is 28.0 Å². The van der Waals surface area contributed by atoms with E-state index in [0.29, 0.717) is 6.07 Å². The smallest absolute Gasteiger partial charge is 0.417 e. The molecule has 0 saturated carbocycles. The maximum atomic E-state index is 14.1. The molecule has 0 aliphatic rings. The van der Waals surface area contributed by atoms with Crippen LogP contribution in [0.1, 0.15) is 23.0 Å². The molecule has 2 aromatic rings. The monoisotopic (exact) mass is 337 g/mol. The summed E-state index contributed by atoms with van der Waals surface area (Å²) in [5.74, 6) is -2.24. The van der Waals surface area contributed by atoms with Crippen molar-refractivity contribution < 1.29 is 27.1 Å². The van der Waals surface area contributed by atoms with Gasteiger partial charge in [0, 0.05) is 5.56 Å². The Bertz CT molecular complexity index is 715. The Morgan fingerprint density at radius 1 is 1.36 bits per heavy atom. The molecule has 0 bridgehead atoms. The van der Waals surface area contributed by atoms with Gasteiger partial charge in [-0.25, -0.2) is 9.18 Å². The number of hydrogen-bond acceptors (Lipinski definition) is 4. The number of aromatic nitrogens is 3. The quantitative estimate of drug-likeness (QED) is 0.688. The average molecular weight is 338 g/mol. The lowest BCUT2D eigenvalue weighted by atomic mass is 10.1. The normalized spacial score (nSPS) is 11.5. The minimum absolute atomic E-state index is 0.0430. The summed E-state index contributed by atoms with van der Waals surface area (Å²) in [4.78, 5) is 11.6. The Kier molecular flexibility index (Phi) is 4.36. The highest BCUT2D eigenvalue weighted by Crippen LogP contribution is 2.39. The first kappa shape index (κ1) is 16.2. The summed E-state index contributed by atoms with van der Waals surface area (Å²) in [7, 11) is 0. The maximum absolute atomic E-state index is 14.1. The van der Waals surface area contributed by atoms with E-state index in [1.165, 1.54) is 0 Å². The highest BCUT2D eigenvalue weighted by molar-refractivity contribution is 6.32. The van der Waals surface area contributed by atoms with Gasteiger partial charge in [-0.1, -0.05) is 11.6 Å². The second kappa shape index (κ2) is 5.91. The van der Waals surface area contributed by atoms with Crippen molar-refractivity contribution in [1.29, 1.82) is 0 Å². The third-order valence-electron chi connectivity index (χ3n) is 2.66. The predicted octanol–water partition coefficient (Wildman–Crippen LogP) is 3.46. The van der Waals surface area contributed by atoms with Crippen LogP contribution < -0.4 is 0 Å². The summed E-state index contributed by atoms with van der Waals surface area (Å²) in [6.45, 7) is 1.59. The number of benzene rings is 1. The second-order valence-electron chi connectivity index (χ2n) is 4.03. The zero-order valence-corrected chi connectivity index (χ0v) is 11.7. The number of rotatable bonds is 3. The number of halogens is 5. The van der Waals surface area contributed by atoms with Gasteiger partial charge in [-0.15, -0.1) is 5.10 Å². The van der Waals surface area contributed by atoms with Crippen LogP contribution in [0.3, 0.4) is 0 Å². The first-order valence-corrected chi connectivity index (χ1v) is 6.28. The average Bonchev–Trinajstić information content (AvgIpc) is 2.89. The highest BCUT2D eigenvalue weighted by Gasteiger charge is 2.35. The number of nitrogens with zero attached hydrogens (tertiary/aromatic N) is 2. The van der Waals surface area contributed by atoms with Gasteiger partial charge in [-0.3, -0.25) is 0 Å². The van der Waals surface area contributed by atoms with Crippen LogP contribution in [0.4, 0.5) is 17.6 Å². The molecule has 0 radical (unpaired) electrons. The van der Waals surface area contributed by atoms with Crippen LogP contribution in [0.5, 0.6) is 0 Å². The molecular weight excluding hydrogens is 330 g/mol. The van der Waals surface area contributed by atoms with Gasteiger partial charge < -0.3 is 4.74 Å². The fourth-order valence-electron chi connectivity index (χ4n) is 1.71. The lowest BCUT2D eigenvalue weighted by Gasteiger charge is -2.11. The zero-order chi connectivity index (χ0) is 16.5. The molecule has 0 amide bonds. The Labute approximate surface area is 126 Å². The number of nitrogens with one attached hydrogen (secondary N) is 1. The van der Waals surface area contributed by atoms with Crippen molar-refractivity contribution in [1.82, 2.24) is 15.4 Å². The molecule has 118 valence electrons. The lowest BCUT2D eigenvalue weighted by Crippen LogP contribution is -2.09. The molecule has 10 heteroatoms. The third kappa shape index (κ3) is 2.89. The number of carbonyl (C=O) groups is 1. The van der Waals surface area contributed by atoms with Crippen LogP contribution >= 0.6 is 11.6 Å². The molecule has 1 aromatic heterocycles. The topological polar surface area (TPSA) is 67.9 Å². The number of hydrogen-bond donors (Lipinski definition) is 1. The maximum Gasteiger partial charge on any atom is 0.417 e. The SMILES string of the molecule is CCOC(=O)c1n[nH]nc1-c1ccc(C(F)(F)F)c(Cl)c1F. The minimum Gasteiger partial charge on any atom is -0.461 e. The minimum atomic E-state index is -4.80. The van der Waals surface area contributed by atoms with Crippen LogP contribution in [0.25, 0.3) is 11.3 Å². The van der Waals surface area contributed by atoms with Crippen LogP contribution in [-0.2, 0) is 10.9 Å². The molecule has 0 unspecified atom stereocenters. The molecule has 0 saturated heterocycles. The van der Waals surface area contributed by atoms with E-state index in [4.69, 9.17) is 16.3 Å². The van der Waals surface area contributed by atoms with Gasteiger partial charge in [0.25, 0.3) is 0 Å². The molecule has 0 aliphatic heterocycles. The van der Waals surface area contributed by atoms with E-state index < -0.39 is 34.1 Å². The summed E-state index contributed by atoms with van der Waals surface area (Å²) in [5.41, 5.74) is -2.35. The molecule has 0 fully saturated rings. The summed E-state index contributed by atoms with van der Waals surface area (Å²) < 4.78 is 56.8. The Hall–Kier alpha value is -2.16. The van der Waals surface area contributed by atoms with E-state index in [0.717, 1.165) is 6.07 Å². The van der Waals surface area contributed by atoms with Crippen molar-refractivity contribution in [3.05, 3.63) is 34.2 Å². The highest BCUT2D eigenvalue weighted by atomic mass is 35.5. The standard InChI is InChI=1S/C12H8ClF4N3O2/c1-2-22-11(21)10-9(18-20-19-10)5-3-4-6(12(15,16)17)7(13)8(5)14/h3-4H,2H2,1H3,(H,18,19,20). The number of alkyl halides is 3. The molecule has 22 heavy (non-hydrogen) atoms. The number of esters is 1. The van der Waals surface area contributed by atoms with Crippen LogP contribution in [0.2, 0.25) is 5.02 Å². The van der Waals surface area contributed by atoms with Crippen LogP contribution in [0.15, 0.2) is 12.1 Å². The molecule has 0 spiro atoms. The second-order valence-corrected chi connectivity index (χ2v) is 4.41. The van der Waals surface area contributed by atoms with E-state index in [-0.39, 0.29) is 18.0 Å². The largest absolute Gasteiger partial charge is 0.461 e. The molecule has 2 rings (SSSR count). The van der Waals surface area contributed by atoms with Crippen molar-refractivity contribution >= 4 is 17.6 Å². The van der Waals surface area contributed by atoms with E-state index >= 15 is 0 Å². The van der Waals surface area contributed by atoms with Crippen molar-refractivity contribution in [3.63, 3.8) is 0 Å². The van der Waals surface area contributed by atoms with E-state index in [9.17, 15) is 22.4 Å². The number of ether oxygens (including phenoxy) is 1. The van der Waals surface area contributed by atoms with E-state index in [1.807, 2.05) is 0 Å². The lowest BCUT2D eigenvalue weighted by molar-refractivity contribution is -0.137. The summed E-state index contributed by atoms with van der Waals surface area (Å²) in [6.07, 6.45) is -4.80. The third-order valence-corrected chi connectivity index (χ3v) is 3.03. The van der Waals surface area contributed by atoms with Gasteiger partial charge in [-0.2, -0.15) is 23.5 Å². The fourth-order valence-corrected chi connectivity index (χ4v) is 1.98.